The molecule has 1 aromatic heterocycles. The van der Waals surface area contributed by atoms with Crippen LogP contribution in [-0.4, -0.2) is 23.2 Å². The molecule has 0 atom stereocenters. The highest BCUT2D eigenvalue weighted by Crippen LogP contribution is 2.32. The summed E-state index contributed by atoms with van der Waals surface area (Å²) in [7, 11) is 1.61. The van der Waals surface area contributed by atoms with Crippen LogP contribution in [0.4, 0.5) is 0 Å². The summed E-state index contributed by atoms with van der Waals surface area (Å²) in [5, 5.41) is 9.90. The smallest absolute Gasteiger partial charge is 0.307 e. The van der Waals surface area contributed by atoms with E-state index >= 15 is 0 Å². The molecule has 17 heavy (non-hydrogen) atoms. The summed E-state index contributed by atoms with van der Waals surface area (Å²) in [6.07, 6.45) is 0.0276. The lowest BCUT2D eigenvalue weighted by Crippen LogP contribution is -2.01. The van der Waals surface area contributed by atoms with Gasteiger partial charge in [0.05, 0.1) is 19.0 Å². The number of fused-ring (bicyclic) bond motifs is 1. The normalized spacial score (nSPS) is 10.8. The fraction of sp³-hybridized carbons (Fsp3) is 0.308. The summed E-state index contributed by atoms with van der Waals surface area (Å²) in [6.45, 7) is 3.86. The molecule has 2 aromatic rings. The van der Waals surface area contributed by atoms with Crippen LogP contribution >= 0.6 is 0 Å². The van der Waals surface area contributed by atoms with Crippen LogP contribution in [0.3, 0.4) is 0 Å². The molecular weight excluding hydrogens is 218 g/mol. The molecule has 4 nitrogen and oxygen atoms in total. The molecule has 90 valence electrons. The minimum absolute atomic E-state index is 0.0276. The molecule has 2 N–H and O–H groups in total. The number of aromatic nitrogens is 1. The Balaban J connectivity index is 2.75. The number of methoxy groups -OCH3 is 1. The Morgan fingerprint density at radius 2 is 2.12 bits per heavy atom. The van der Waals surface area contributed by atoms with E-state index < -0.39 is 5.97 Å². The quantitative estimate of drug-likeness (QED) is 0.855. The topological polar surface area (TPSA) is 62.3 Å². The van der Waals surface area contributed by atoms with Gasteiger partial charge in [0.1, 0.15) is 5.75 Å². The second-order valence-electron chi connectivity index (χ2n) is 4.13. The van der Waals surface area contributed by atoms with Crippen molar-refractivity contribution in [3.05, 3.63) is 29.0 Å². The molecule has 0 saturated heterocycles. The number of aryl methyl sites for hydroxylation is 2. The number of carbonyl (C=O) groups is 1. The number of hydrogen-bond acceptors (Lipinski definition) is 2. The van der Waals surface area contributed by atoms with E-state index in [9.17, 15) is 4.79 Å². The van der Waals surface area contributed by atoms with Crippen molar-refractivity contribution in [1.82, 2.24) is 4.98 Å². The number of aromatic amines is 1. The molecule has 0 aliphatic rings. The summed E-state index contributed by atoms with van der Waals surface area (Å²) in [6, 6.07) is 3.83. The first-order valence-electron chi connectivity index (χ1n) is 5.41. The molecule has 0 aliphatic heterocycles. The zero-order valence-electron chi connectivity index (χ0n) is 10.1. The van der Waals surface area contributed by atoms with Gasteiger partial charge in [0.2, 0.25) is 0 Å². The molecule has 0 saturated carbocycles. The van der Waals surface area contributed by atoms with Gasteiger partial charge in [-0.05, 0) is 31.0 Å². The molecule has 0 fully saturated rings. The van der Waals surface area contributed by atoms with Gasteiger partial charge in [-0.15, -0.1) is 0 Å². The first-order valence-corrected chi connectivity index (χ1v) is 5.41. The molecule has 0 amide bonds. The lowest BCUT2D eigenvalue weighted by molar-refractivity contribution is -0.136. The van der Waals surface area contributed by atoms with Crippen LogP contribution in [0.2, 0.25) is 0 Å². The third kappa shape index (κ3) is 1.86. The second kappa shape index (κ2) is 4.13. The Kier molecular flexibility index (Phi) is 2.79. The summed E-state index contributed by atoms with van der Waals surface area (Å²) in [5.74, 6) is -0.0819. The molecule has 1 heterocycles. The van der Waals surface area contributed by atoms with Crippen LogP contribution in [0.1, 0.15) is 16.8 Å². The zero-order valence-corrected chi connectivity index (χ0v) is 10.1. The Morgan fingerprint density at radius 1 is 1.41 bits per heavy atom. The fourth-order valence-electron chi connectivity index (χ4n) is 2.19. The maximum atomic E-state index is 10.9. The highest BCUT2D eigenvalue weighted by atomic mass is 16.5. The Bertz CT molecular complexity index is 584. The molecular formula is C13H15NO3. The first kappa shape index (κ1) is 11.5. The third-order valence-electron chi connectivity index (χ3n) is 2.99. The van der Waals surface area contributed by atoms with E-state index in [0.29, 0.717) is 0 Å². The number of rotatable bonds is 3. The van der Waals surface area contributed by atoms with Crippen molar-refractivity contribution in [2.24, 2.45) is 0 Å². The average molecular weight is 233 g/mol. The molecule has 0 unspecified atom stereocenters. The van der Waals surface area contributed by atoms with Gasteiger partial charge in [-0.25, -0.2) is 0 Å². The molecule has 2 rings (SSSR count). The third-order valence-corrected chi connectivity index (χ3v) is 2.99. The summed E-state index contributed by atoms with van der Waals surface area (Å²) in [4.78, 5) is 14.1. The zero-order chi connectivity index (χ0) is 12.6. The van der Waals surface area contributed by atoms with E-state index in [0.717, 1.165) is 33.5 Å². The van der Waals surface area contributed by atoms with Crippen LogP contribution in [0.25, 0.3) is 10.9 Å². The molecule has 0 bridgehead atoms. The van der Waals surface area contributed by atoms with Crippen LogP contribution in [-0.2, 0) is 11.2 Å². The number of carboxylic acid groups (broad SMARTS) is 1. The van der Waals surface area contributed by atoms with Crippen molar-refractivity contribution in [2.45, 2.75) is 20.3 Å². The number of ether oxygens (including phenoxy) is 1. The van der Waals surface area contributed by atoms with Crippen LogP contribution in [0.15, 0.2) is 12.1 Å². The van der Waals surface area contributed by atoms with Gasteiger partial charge in [0, 0.05) is 11.1 Å². The largest absolute Gasteiger partial charge is 0.495 e. The molecule has 4 heteroatoms. The summed E-state index contributed by atoms with van der Waals surface area (Å²) >= 11 is 0. The maximum Gasteiger partial charge on any atom is 0.307 e. The van der Waals surface area contributed by atoms with Crippen molar-refractivity contribution in [3.63, 3.8) is 0 Å². The van der Waals surface area contributed by atoms with Gasteiger partial charge < -0.3 is 14.8 Å². The van der Waals surface area contributed by atoms with Crippen molar-refractivity contribution >= 4 is 16.9 Å². The van der Waals surface area contributed by atoms with Gasteiger partial charge >= 0.3 is 5.97 Å². The molecule has 0 radical (unpaired) electrons. The van der Waals surface area contributed by atoms with Gasteiger partial charge in [-0.3, -0.25) is 4.79 Å². The SMILES string of the molecule is COc1ccc(C)c2c(CC(=O)O)c(C)[nH]c12. The average Bonchev–Trinajstić information content (AvgIpc) is 2.57. The van der Waals surface area contributed by atoms with Crippen LogP contribution < -0.4 is 4.74 Å². The van der Waals surface area contributed by atoms with E-state index in [-0.39, 0.29) is 6.42 Å². The van der Waals surface area contributed by atoms with E-state index in [2.05, 4.69) is 4.98 Å². The second-order valence-corrected chi connectivity index (χ2v) is 4.13. The lowest BCUT2D eigenvalue weighted by atomic mass is 10.0. The van der Waals surface area contributed by atoms with Crippen LogP contribution in [0, 0.1) is 13.8 Å². The van der Waals surface area contributed by atoms with E-state index in [1.165, 1.54) is 0 Å². The first-order chi connectivity index (χ1) is 8.04. The van der Waals surface area contributed by atoms with Crippen molar-refractivity contribution < 1.29 is 14.6 Å². The van der Waals surface area contributed by atoms with Gasteiger partial charge in [0.15, 0.2) is 0 Å². The predicted octanol–water partition coefficient (Wildman–Crippen LogP) is 2.42. The number of benzene rings is 1. The van der Waals surface area contributed by atoms with E-state index in [1.54, 1.807) is 7.11 Å². The van der Waals surface area contributed by atoms with Gasteiger partial charge in [0.25, 0.3) is 0 Å². The predicted molar refractivity (Wildman–Crippen MR) is 65.7 cm³/mol. The van der Waals surface area contributed by atoms with Gasteiger partial charge in [-0.1, -0.05) is 6.07 Å². The van der Waals surface area contributed by atoms with E-state index in [4.69, 9.17) is 9.84 Å². The van der Waals surface area contributed by atoms with Crippen LogP contribution in [0.5, 0.6) is 5.75 Å². The van der Waals surface area contributed by atoms with E-state index in [1.807, 2.05) is 26.0 Å². The highest BCUT2D eigenvalue weighted by molar-refractivity contribution is 5.94. The number of hydrogen-bond donors (Lipinski definition) is 2. The molecule has 1 aromatic carbocycles. The Labute approximate surface area is 99.2 Å². The fourth-order valence-corrected chi connectivity index (χ4v) is 2.19. The number of H-pyrrole nitrogens is 1. The minimum Gasteiger partial charge on any atom is -0.495 e. The maximum absolute atomic E-state index is 10.9. The Morgan fingerprint density at radius 3 is 2.71 bits per heavy atom. The van der Waals surface area contributed by atoms with Crippen molar-refractivity contribution in [2.75, 3.05) is 7.11 Å². The van der Waals surface area contributed by atoms with Crippen molar-refractivity contribution in [3.8, 4) is 5.75 Å². The molecule has 0 spiro atoms. The minimum atomic E-state index is -0.823. The summed E-state index contributed by atoms with van der Waals surface area (Å²) in [5.41, 5.74) is 3.65. The lowest BCUT2D eigenvalue weighted by Gasteiger charge is -2.04. The monoisotopic (exact) mass is 233 g/mol. The van der Waals surface area contributed by atoms with Gasteiger partial charge in [-0.2, -0.15) is 0 Å². The highest BCUT2D eigenvalue weighted by Gasteiger charge is 2.16. The number of aliphatic carboxylic acids is 1. The van der Waals surface area contributed by atoms with Crippen molar-refractivity contribution in [1.29, 1.82) is 0 Å². The molecule has 0 aliphatic carbocycles. The standard InChI is InChI=1S/C13H15NO3/c1-7-4-5-10(17-3)13-12(7)9(6-11(15)16)8(2)14-13/h4-5,14H,6H2,1-3H3,(H,15,16). The Hall–Kier alpha value is -1.97. The summed E-state index contributed by atoms with van der Waals surface area (Å²) < 4.78 is 5.28. The number of carboxylic acids is 1. The number of nitrogens with one attached hydrogen (secondary N) is 1.